The molecule has 1 saturated heterocycles. The topological polar surface area (TPSA) is 38.7 Å². The van der Waals surface area contributed by atoms with Gasteiger partial charge in [0, 0.05) is 5.02 Å². The van der Waals surface area contributed by atoms with E-state index in [1.807, 2.05) is 18.2 Å². The van der Waals surface area contributed by atoms with Crippen LogP contribution in [0.3, 0.4) is 0 Å². The van der Waals surface area contributed by atoms with E-state index >= 15 is 0 Å². The Balaban J connectivity index is 2.01. The second-order valence-electron chi connectivity index (χ2n) is 6.43. The van der Waals surface area contributed by atoms with E-state index in [0.29, 0.717) is 0 Å². The van der Waals surface area contributed by atoms with Gasteiger partial charge in [0.05, 0.1) is 24.2 Å². The Kier molecular flexibility index (Phi) is 4.28. The fraction of sp³-hybridized carbons (Fsp3) is 0.647. The first kappa shape index (κ1) is 15.3. The van der Waals surface area contributed by atoms with Crippen LogP contribution in [0.25, 0.3) is 0 Å². The van der Waals surface area contributed by atoms with Gasteiger partial charge < -0.3 is 14.6 Å². The number of ether oxygens (including phenoxy) is 2. The van der Waals surface area contributed by atoms with Crippen LogP contribution < -0.4 is 0 Å². The number of aryl methyl sites for hydroxylation is 1. The van der Waals surface area contributed by atoms with Gasteiger partial charge in [0.2, 0.25) is 0 Å². The van der Waals surface area contributed by atoms with Crippen molar-refractivity contribution < 1.29 is 14.6 Å². The molecule has 3 nitrogen and oxygen atoms in total. The third-order valence-electron chi connectivity index (χ3n) is 4.78. The lowest BCUT2D eigenvalue weighted by atomic mass is 9.69. The van der Waals surface area contributed by atoms with Crippen LogP contribution in [0, 0.1) is 0 Å². The van der Waals surface area contributed by atoms with Crippen molar-refractivity contribution in [1.29, 1.82) is 0 Å². The largest absolute Gasteiger partial charge is 0.395 e. The van der Waals surface area contributed by atoms with Gasteiger partial charge >= 0.3 is 0 Å². The molecular weight excluding hydrogens is 288 g/mol. The minimum absolute atomic E-state index is 0.0335. The minimum Gasteiger partial charge on any atom is -0.395 e. The number of halogens is 1. The zero-order valence-electron chi connectivity index (χ0n) is 12.6. The molecule has 1 heterocycles. The van der Waals surface area contributed by atoms with Gasteiger partial charge in [-0.15, -0.1) is 0 Å². The lowest BCUT2D eigenvalue weighted by molar-refractivity contribution is -0.270. The van der Waals surface area contributed by atoms with Crippen molar-refractivity contribution in [2.24, 2.45) is 0 Å². The van der Waals surface area contributed by atoms with E-state index in [4.69, 9.17) is 21.1 Å². The molecule has 21 heavy (non-hydrogen) atoms. The van der Waals surface area contributed by atoms with Crippen LogP contribution in [0.2, 0.25) is 5.02 Å². The van der Waals surface area contributed by atoms with Crippen molar-refractivity contribution in [1.82, 2.24) is 0 Å². The second-order valence-corrected chi connectivity index (χ2v) is 6.87. The molecule has 0 saturated carbocycles. The van der Waals surface area contributed by atoms with Crippen molar-refractivity contribution in [2.75, 3.05) is 6.61 Å². The fourth-order valence-electron chi connectivity index (χ4n) is 3.76. The number of aliphatic hydroxyl groups excluding tert-OH is 1. The third-order valence-corrected chi connectivity index (χ3v) is 5.02. The predicted molar refractivity (Wildman–Crippen MR) is 82.7 cm³/mol. The Morgan fingerprint density at radius 3 is 2.67 bits per heavy atom. The van der Waals surface area contributed by atoms with E-state index in [1.54, 1.807) is 0 Å². The number of benzene rings is 1. The average molecular weight is 311 g/mol. The molecule has 1 aromatic rings. The molecule has 0 radical (unpaired) electrons. The molecule has 1 aliphatic heterocycles. The van der Waals surface area contributed by atoms with Gasteiger partial charge in [-0.05, 0) is 62.8 Å². The maximum Gasteiger partial charge on any atom is 0.170 e. The van der Waals surface area contributed by atoms with Crippen molar-refractivity contribution in [2.45, 2.75) is 63.4 Å². The summed E-state index contributed by atoms with van der Waals surface area (Å²) >= 11 is 6.12. The quantitative estimate of drug-likeness (QED) is 0.909. The van der Waals surface area contributed by atoms with Crippen molar-refractivity contribution in [3.63, 3.8) is 0 Å². The van der Waals surface area contributed by atoms with Crippen LogP contribution in [0.4, 0.5) is 0 Å². The molecule has 1 fully saturated rings. The summed E-state index contributed by atoms with van der Waals surface area (Å²) in [5.41, 5.74) is 1.87. The Morgan fingerprint density at radius 1 is 1.29 bits per heavy atom. The molecule has 0 amide bonds. The number of rotatable bonds is 2. The molecule has 4 heteroatoms. The van der Waals surface area contributed by atoms with Gasteiger partial charge in [0.1, 0.15) is 0 Å². The van der Waals surface area contributed by atoms with Crippen molar-refractivity contribution in [3.05, 3.63) is 34.3 Å². The lowest BCUT2D eigenvalue weighted by Gasteiger charge is -2.47. The number of hydrogen-bond acceptors (Lipinski definition) is 3. The zero-order valence-corrected chi connectivity index (χ0v) is 13.4. The zero-order chi connectivity index (χ0) is 15.0. The summed E-state index contributed by atoms with van der Waals surface area (Å²) < 4.78 is 12.1. The SMILES string of the molecule is CC1CC(C)OC([C@]2(CO)CCCc3cc(Cl)ccc32)O1. The summed E-state index contributed by atoms with van der Waals surface area (Å²) in [5, 5.41) is 10.9. The first-order chi connectivity index (χ1) is 10.0. The lowest BCUT2D eigenvalue weighted by Crippen LogP contribution is -2.53. The average Bonchev–Trinajstić information content (AvgIpc) is 2.45. The number of fused-ring (bicyclic) bond motifs is 1. The maximum atomic E-state index is 10.2. The van der Waals surface area contributed by atoms with Gasteiger partial charge in [-0.2, -0.15) is 0 Å². The molecule has 2 unspecified atom stereocenters. The first-order valence-electron chi connectivity index (χ1n) is 7.76. The maximum absolute atomic E-state index is 10.2. The van der Waals surface area contributed by atoms with Gasteiger partial charge in [-0.3, -0.25) is 0 Å². The van der Waals surface area contributed by atoms with Crippen LogP contribution in [0.15, 0.2) is 18.2 Å². The minimum atomic E-state index is -0.471. The molecule has 1 aliphatic carbocycles. The molecule has 1 N–H and O–H groups in total. The van der Waals surface area contributed by atoms with E-state index in [1.165, 1.54) is 5.56 Å². The first-order valence-corrected chi connectivity index (χ1v) is 8.13. The van der Waals surface area contributed by atoms with Gasteiger partial charge in [0.15, 0.2) is 6.29 Å². The molecule has 116 valence electrons. The highest BCUT2D eigenvalue weighted by Gasteiger charge is 2.47. The molecule has 0 aromatic heterocycles. The molecule has 0 spiro atoms. The highest BCUT2D eigenvalue weighted by atomic mass is 35.5. The predicted octanol–water partition coefficient (Wildman–Crippen LogP) is 3.45. The monoisotopic (exact) mass is 310 g/mol. The normalized spacial score (nSPS) is 36.3. The van der Waals surface area contributed by atoms with Crippen LogP contribution in [-0.4, -0.2) is 30.2 Å². The Hall–Kier alpha value is -0.610. The van der Waals surface area contributed by atoms with Crippen LogP contribution in [0.5, 0.6) is 0 Å². The summed E-state index contributed by atoms with van der Waals surface area (Å²) in [5.74, 6) is 0. The second kappa shape index (κ2) is 5.88. The highest BCUT2D eigenvalue weighted by molar-refractivity contribution is 6.30. The Morgan fingerprint density at radius 2 is 2.00 bits per heavy atom. The summed E-state index contributed by atoms with van der Waals surface area (Å²) in [7, 11) is 0. The van der Waals surface area contributed by atoms with Gasteiger partial charge in [-0.25, -0.2) is 0 Å². The summed E-state index contributed by atoms with van der Waals surface area (Å²) in [4.78, 5) is 0. The van der Waals surface area contributed by atoms with Gasteiger partial charge in [-0.1, -0.05) is 17.7 Å². The van der Waals surface area contributed by atoms with E-state index in [2.05, 4.69) is 13.8 Å². The van der Waals surface area contributed by atoms with Crippen LogP contribution in [-0.2, 0) is 21.3 Å². The summed E-state index contributed by atoms with van der Waals surface area (Å²) in [6.45, 7) is 4.18. The highest BCUT2D eigenvalue weighted by Crippen LogP contribution is 2.44. The summed E-state index contributed by atoms with van der Waals surface area (Å²) in [6, 6.07) is 5.94. The summed E-state index contributed by atoms with van der Waals surface area (Å²) in [6.07, 6.45) is 3.70. The number of aliphatic hydroxyl groups is 1. The smallest absolute Gasteiger partial charge is 0.170 e. The van der Waals surface area contributed by atoms with Crippen molar-refractivity contribution in [3.8, 4) is 0 Å². The number of hydrogen-bond donors (Lipinski definition) is 1. The van der Waals surface area contributed by atoms with E-state index in [-0.39, 0.29) is 25.1 Å². The molecular formula is C17H23ClO3. The molecule has 1 aromatic carbocycles. The standard InChI is InChI=1S/C17H23ClO3/c1-11-8-12(2)21-16(20-11)17(10-19)7-3-4-13-9-14(18)5-6-15(13)17/h5-6,9,11-12,16,19H,3-4,7-8,10H2,1-2H3/t11?,12?,16?,17-/m0/s1. The van der Waals surface area contributed by atoms with Gasteiger partial charge in [0.25, 0.3) is 0 Å². The molecule has 3 rings (SSSR count). The Bertz CT molecular complexity index is 509. The molecule has 2 aliphatic rings. The molecule has 0 bridgehead atoms. The fourth-order valence-corrected chi connectivity index (χ4v) is 3.96. The van der Waals surface area contributed by atoms with Crippen LogP contribution in [0.1, 0.15) is 44.2 Å². The van der Waals surface area contributed by atoms with E-state index in [9.17, 15) is 5.11 Å². The van der Waals surface area contributed by atoms with E-state index < -0.39 is 5.41 Å². The third kappa shape index (κ3) is 2.72. The van der Waals surface area contributed by atoms with Crippen molar-refractivity contribution >= 4 is 11.6 Å². The Labute approximate surface area is 131 Å². The van der Waals surface area contributed by atoms with E-state index in [0.717, 1.165) is 36.3 Å². The van der Waals surface area contributed by atoms with Crippen LogP contribution >= 0.6 is 11.6 Å². The molecule has 3 atom stereocenters.